The Hall–Kier alpha value is -1.57. The van der Waals surface area contributed by atoms with Crippen LogP contribution in [0, 0.1) is 0 Å². The van der Waals surface area contributed by atoms with Crippen molar-refractivity contribution in [3.63, 3.8) is 0 Å². The molecule has 29 heavy (non-hydrogen) atoms. The van der Waals surface area contributed by atoms with Gasteiger partial charge in [-0.25, -0.2) is 4.79 Å². The Kier molecular flexibility index (Phi) is 7.76. The molecule has 0 radical (unpaired) electrons. The Morgan fingerprint density at radius 3 is 1.97 bits per heavy atom. The van der Waals surface area contributed by atoms with Crippen LogP contribution in [0.1, 0.15) is 53.0 Å². The molecule has 1 aliphatic rings. The van der Waals surface area contributed by atoms with Crippen molar-refractivity contribution in [2.45, 2.75) is 76.3 Å². The Bertz CT molecular complexity index is 655. The van der Waals surface area contributed by atoms with Gasteiger partial charge in [0.1, 0.15) is 5.75 Å². The van der Waals surface area contributed by atoms with E-state index in [9.17, 15) is 15.0 Å². The van der Waals surface area contributed by atoms with Crippen LogP contribution in [-0.2, 0) is 4.43 Å². The summed E-state index contributed by atoms with van der Waals surface area (Å²) in [5, 5.41) is 20.5. The molecule has 2 rings (SSSR count). The number of benzene rings is 1. The van der Waals surface area contributed by atoms with Crippen LogP contribution >= 0.6 is 0 Å². The maximum Gasteiger partial charge on any atom is 0.407 e. The van der Waals surface area contributed by atoms with Crippen molar-refractivity contribution < 1.29 is 24.2 Å². The molecule has 3 atom stereocenters. The number of carbonyl (C=O) groups is 1. The normalized spacial score (nSPS) is 23.1. The molecule has 1 aliphatic heterocycles. The molecule has 1 aromatic carbocycles. The second kappa shape index (κ2) is 9.49. The van der Waals surface area contributed by atoms with E-state index in [4.69, 9.17) is 9.16 Å². The zero-order valence-electron chi connectivity index (χ0n) is 18.8. The smallest absolute Gasteiger partial charge is 0.407 e. The summed E-state index contributed by atoms with van der Waals surface area (Å²) in [6.07, 6.45) is -2.23. The Morgan fingerprint density at radius 2 is 1.55 bits per heavy atom. The molecule has 7 heteroatoms. The summed E-state index contributed by atoms with van der Waals surface area (Å²) in [7, 11) is -0.637. The number of aliphatic hydroxyl groups is 1. The number of likely N-dealkylation sites (tertiary alicyclic amines) is 1. The van der Waals surface area contributed by atoms with E-state index in [1.165, 1.54) is 4.90 Å². The van der Waals surface area contributed by atoms with Crippen LogP contribution in [0.5, 0.6) is 5.75 Å². The molecule has 0 aliphatic carbocycles. The van der Waals surface area contributed by atoms with E-state index in [1.54, 1.807) is 7.11 Å². The maximum atomic E-state index is 11.7. The van der Waals surface area contributed by atoms with Gasteiger partial charge in [0.25, 0.3) is 0 Å². The zero-order chi connectivity index (χ0) is 21.9. The summed E-state index contributed by atoms with van der Waals surface area (Å²) in [6.45, 7) is 13.6. The van der Waals surface area contributed by atoms with Crippen molar-refractivity contribution in [3.05, 3.63) is 29.8 Å². The van der Waals surface area contributed by atoms with Crippen LogP contribution in [-0.4, -0.2) is 61.9 Å². The van der Waals surface area contributed by atoms with Gasteiger partial charge in [0.15, 0.2) is 0 Å². The van der Waals surface area contributed by atoms with Crippen molar-refractivity contribution in [2.75, 3.05) is 20.2 Å². The predicted molar refractivity (Wildman–Crippen MR) is 117 cm³/mol. The average Bonchev–Trinajstić information content (AvgIpc) is 2.64. The van der Waals surface area contributed by atoms with Crippen LogP contribution in [0.4, 0.5) is 4.79 Å². The third-order valence-corrected chi connectivity index (χ3v) is 12.6. The van der Waals surface area contributed by atoms with Gasteiger partial charge in [-0.15, -0.1) is 0 Å². The quantitative estimate of drug-likeness (QED) is 0.622. The van der Waals surface area contributed by atoms with Crippen LogP contribution in [0.15, 0.2) is 24.3 Å². The first-order chi connectivity index (χ1) is 13.5. The van der Waals surface area contributed by atoms with Crippen molar-refractivity contribution in [1.82, 2.24) is 4.90 Å². The fourth-order valence-corrected chi connectivity index (χ4v) is 10.8. The molecule has 2 N–H and O–H groups in total. The van der Waals surface area contributed by atoms with Gasteiger partial charge in [0.2, 0.25) is 8.32 Å². The van der Waals surface area contributed by atoms with Gasteiger partial charge in [-0.3, -0.25) is 0 Å². The highest BCUT2D eigenvalue weighted by Crippen LogP contribution is 2.45. The van der Waals surface area contributed by atoms with E-state index in [-0.39, 0.29) is 25.1 Å². The third kappa shape index (κ3) is 4.78. The van der Waals surface area contributed by atoms with Gasteiger partial charge in [-0.1, -0.05) is 53.7 Å². The van der Waals surface area contributed by atoms with Gasteiger partial charge in [0, 0.05) is 12.5 Å². The van der Waals surface area contributed by atoms with E-state index in [0.717, 1.165) is 11.3 Å². The van der Waals surface area contributed by atoms with Crippen molar-refractivity contribution >= 4 is 14.4 Å². The Balaban J connectivity index is 2.48. The lowest BCUT2D eigenvalue weighted by molar-refractivity contribution is -0.0190. The molecule has 0 spiro atoms. The second-order valence-electron chi connectivity index (χ2n) is 9.03. The van der Waals surface area contributed by atoms with Gasteiger partial charge in [-0.05, 0) is 34.3 Å². The molecule has 6 nitrogen and oxygen atoms in total. The summed E-state index contributed by atoms with van der Waals surface area (Å²) < 4.78 is 12.2. The summed E-state index contributed by atoms with van der Waals surface area (Å²) in [4.78, 5) is 13.0. The number of nitrogens with zero attached hydrogens (tertiary/aromatic N) is 1. The summed E-state index contributed by atoms with van der Waals surface area (Å²) in [5.74, 6) is 0.471. The molecule has 0 bridgehead atoms. The van der Waals surface area contributed by atoms with E-state index >= 15 is 0 Å². The van der Waals surface area contributed by atoms with E-state index in [1.807, 2.05) is 24.3 Å². The highest BCUT2D eigenvalue weighted by atomic mass is 28.4. The fraction of sp³-hybridized carbons (Fsp3) is 0.682. The molecule has 1 fully saturated rings. The lowest BCUT2D eigenvalue weighted by Crippen LogP contribution is -2.59. The average molecular weight is 424 g/mol. The molecular formula is C22H37NO5Si. The number of carboxylic acid groups (broad SMARTS) is 1. The highest BCUT2D eigenvalue weighted by molar-refractivity contribution is 6.77. The molecule has 1 aromatic rings. The number of amides is 1. The summed E-state index contributed by atoms with van der Waals surface area (Å²) >= 11 is 0. The standard InChI is InChI=1S/C22H37NO5Si/c1-14(2)29(15(3)4,16(5)6)28-20-13-23(22(25)26)12-19(24)21(20)17-8-10-18(27-7)11-9-17/h8-11,14-16,19-21,24H,12-13H2,1-7H3,(H,25,26). The van der Waals surface area contributed by atoms with Crippen molar-refractivity contribution in [3.8, 4) is 5.75 Å². The minimum atomic E-state index is -2.26. The second-order valence-corrected chi connectivity index (χ2v) is 14.4. The van der Waals surface area contributed by atoms with Crippen LogP contribution in [0.25, 0.3) is 0 Å². The maximum absolute atomic E-state index is 11.7. The number of aliphatic hydroxyl groups excluding tert-OH is 1. The first kappa shape index (κ1) is 23.7. The Morgan fingerprint density at radius 1 is 1.03 bits per heavy atom. The largest absolute Gasteiger partial charge is 0.497 e. The van der Waals surface area contributed by atoms with Gasteiger partial charge in [-0.2, -0.15) is 0 Å². The number of ether oxygens (including phenoxy) is 1. The van der Waals surface area contributed by atoms with Gasteiger partial charge >= 0.3 is 6.09 Å². The minimum absolute atomic E-state index is 0.0888. The zero-order valence-corrected chi connectivity index (χ0v) is 19.8. The molecule has 0 saturated carbocycles. The van der Waals surface area contributed by atoms with Crippen molar-refractivity contribution in [1.29, 1.82) is 0 Å². The molecule has 1 saturated heterocycles. The number of β-amino-alcohol motifs (C(OH)–C–C–N with tert-alkyl or cyclic N) is 1. The molecule has 0 aromatic heterocycles. The van der Waals surface area contributed by atoms with Crippen LogP contribution in [0.3, 0.4) is 0 Å². The lowest BCUT2D eigenvalue weighted by atomic mass is 9.85. The first-order valence-electron chi connectivity index (χ1n) is 10.5. The predicted octanol–water partition coefficient (Wildman–Crippen LogP) is 4.69. The van der Waals surface area contributed by atoms with E-state index < -0.39 is 20.5 Å². The van der Waals surface area contributed by atoms with Crippen molar-refractivity contribution in [2.24, 2.45) is 0 Å². The topological polar surface area (TPSA) is 79.2 Å². The molecule has 1 amide bonds. The summed E-state index contributed by atoms with van der Waals surface area (Å²) in [5.41, 5.74) is 2.07. The number of hydrogen-bond acceptors (Lipinski definition) is 4. The first-order valence-corrected chi connectivity index (χ1v) is 12.7. The third-order valence-electron chi connectivity index (χ3n) is 6.46. The SMILES string of the molecule is COc1ccc(C2C(O)CN(C(=O)O)CC2O[Si](C(C)C)(C(C)C)C(C)C)cc1. The minimum Gasteiger partial charge on any atom is -0.497 e. The van der Waals surface area contributed by atoms with E-state index in [2.05, 4.69) is 41.5 Å². The molecule has 164 valence electrons. The van der Waals surface area contributed by atoms with Gasteiger partial charge in [0.05, 0.1) is 25.9 Å². The molecular weight excluding hydrogens is 386 g/mol. The number of methoxy groups -OCH3 is 1. The highest BCUT2D eigenvalue weighted by Gasteiger charge is 2.50. The summed E-state index contributed by atoms with van der Waals surface area (Å²) in [6, 6.07) is 7.65. The van der Waals surface area contributed by atoms with Crippen LogP contribution < -0.4 is 4.74 Å². The Labute approximate surface area is 176 Å². The van der Waals surface area contributed by atoms with E-state index in [0.29, 0.717) is 16.6 Å². The van der Waals surface area contributed by atoms with Gasteiger partial charge < -0.3 is 24.3 Å². The number of piperidine rings is 1. The molecule has 3 unspecified atom stereocenters. The molecule has 1 heterocycles. The monoisotopic (exact) mass is 423 g/mol. The number of rotatable bonds is 7. The number of hydrogen-bond donors (Lipinski definition) is 2. The fourth-order valence-electron chi connectivity index (χ4n) is 5.19. The van der Waals surface area contributed by atoms with Crippen LogP contribution in [0.2, 0.25) is 16.6 Å². The lowest BCUT2D eigenvalue weighted by Gasteiger charge is -2.49.